The lowest BCUT2D eigenvalue weighted by Crippen LogP contribution is -2.26. The van der Waals surface area contributed by atoms with Gasteiger partial charge < -0.3 is 9.47 Å². The van der Waals surface area contributed by atoms with Crippen LogP contribution < -0.4 is 0 Å². The van der Waals surface area contributed by atoms with Gasteiger partial charge in [-0.3, -0.25) is 0 Å². The molecule has 0 saturated heterocycles. The van der Waals surface area contributed by atoms with Crippen molar-refractivity contribution < 1.29 is 31.1 Å². The largest absolute Gasteiger partial charge is 0.417 e. The lowest BCUT2D eigenvalue weighted by atomic mass is 10.2. The molecule has 1 aromatic carbocycles. The summed E-state index contributed by atoms with van der Waals surface area (Å²) in [6, 6.07) is 4.00. The predicted molar refractivity (Wildman–Crippen MR) is 61.3 cm³/mol. The summed E-state index contributed by atoms with van der Waals surface area (Å²) in [6.45, 7) is 0. The summed E-state index contributed by atoms with van der Waals surface area (Å²) >= 11 is 0. The third kappa shape index (κ3) is 3.92. The highest BCUT2D eigenvalue weighted by Gasteiger charge is 2.37. The highest BCUT2D eigenvalue weighted by atomic mass is 32.2. The van der Waals surface area contributed by atoms with E-state index in [1.807, 2.05) is 0 Å². The van der Waals surface area contributed by atoms with Gasteiger partial charge in [-0.05, 0) is 12.1 Å². The Morgan fingerprint density at radius 3 is 2.16 bits per heavy atom. The summed E-state index contributed by atoms with van der Waals surface area (Å²) in [5.74, 6) is -0.687. The van der Waals surface area contributed by atoms with Gasteiger partial charge in [0.1, 0.15) is 5.75 Å². The van der Waals surface area contributed by atoms with E-state index in [1.165, 1.54) is 20.3 Å². The molecule has 0 aliphatic heterocycles. The van der Waals surface area contributed by atoms with E-state index in [1.54, 1.807) is 0 Å². The number of rotatable bonds is 5. The number of hydrogen-bond acceptors (Lipinski definition) is 4. The maximum Gasteiger partial charge on any atom is 0.417 e. The standard InChI is InChI=1S/C11H13F3O4S/c1-17-10(18-2)7-19(15,16)9-6-4-3-5-8(9)11(12,13)14/h3-6,10H,7H2,1-2H3. The van der Waals surface area contributed by atoms with Crippen molar-refractivity contribution in [2.75, 3.05) is 20.0 Å². The van der Waals surface area contributed by atoms with E-state index in [-0.39, 0.29) is 0 Å². The summed E-state index contributed by atoms with van der Waals surface area (Å²) in [7, 11) is -1.75. The number of methoxy groups -OCH3 is 2. The minimum atomic E-state index is -4.74. The maximum atomic E-state index is 12.8. The van der Waals surface area contributed by atoms with E-state index in [4.69, 9.17) is 9.47 Å². The number of ether oxygens (including phenoxy) is 2. The summed E-state index contributed by atoms with van der Waals surface area (Å²) < 4.78 is 71.6. The van der Waals surface area contributed by atoms with E-state index in [0.717, 1.165) is 18.2 Å². The van der Waals surface area contributed by atoms with Crippen molar-refractivity contribution in [1.82, 2.24) is 0 Å². The fourth-order valence-electron chi connectivity index (χ4n) is 1.47. The van der Waals surface area contributed by atoms with E-state index >= 15 is 0 Å². The van der Waals surface area contributed by atoms with Gasteiger partial charge in [0.05, 0.1) is 10.5 Å². The van der Waals surface area contributed by atoms with Crippen molar-refractivity contribution >= 4 is 9.84 Å². The van der Waals surface area contributed by atoms with Gasteiger partial charge in [-0.25, -0.2) is 8.42 Å². The van der Waals surface area contributed by atoms with Gasteiger partial charge in [-0.2, -0.15) is 13.2 Å². The summed E-state index contributed by atoms with van der Waals surface area (Å²) in [5.41, 5.74) is -1.19. The molecule has 0 unspecified atom stereocenters. The maximum absolute atomic E-state index is 12.8. The number of sulfone groups is 1. The number of halogens is 3. The van der Waals surface area contributed by atoms with Gasteiger partial charge in [0, 0.05) is 14.2 Å². The van der Waals surface area contributed by atoms with Crippen LogP contribution >= 0.6 is 0 Å². The molecule has 0 spiro atoms. The minimum absolute atomic E-state index is 0.687. The van der Waals surface area contributed by atoms with Gasteiger partial charge in [0.15, 0.2) is 16.1 Å². The van der Waals surface area contributed by atoms with Gasteiger partial charge >= 0.3 is 6.18 Å². The molecule has 19 heavy (non-hydrogen) atoms. The SMILES string of the molecule is COC(CS(=O)(=O)c1ccccc1C(F)(F)F)OC. The first-order valence-electron chi connectivity index (χ1n) is 5.17. The molecule has 0 aliphatic rings. The fourth-order valence-corrected chi connectivity index (χ4v) is 3.09. The smallest absolute Gasteiger partial charge is 0.355 e. The topological polar surface area (TPSA) is 52.6 Å². The van der Waals surface area contributed by atoms with Crippen LogP contribution in [0, 0.1) is 0 Å². The number of hydrogen-bond donors (Lipinski definition) is 0. The molecular weight excluding hydrogens is 285 g/mol. The van der Waals surface area contributed by atoms with Crippen molar-refractivity contribution in [1.29, 1.82) is 0 Å². The molecular formula is C11H13F3O4S. The van der Waals surface area contributed by atoms with Gasteiger partial charge in [-0.15, -0.1) is 0 Å². The first-order valence-corrected chi connectivity index (χ1v) is 6.82. The lowest BCUT2D eigenvalue weighted by molar-refractivity contribution is -0.139. The van der Waals surface area contributed by atoms with Gasteiger partial charge in [0.25, 0.3) is 0 Å². The number of benzene rings is 1. The third-order valence-corrected chi connectivity index (χ3v) is 4.15. The zero-order chi connectivity index (χ0) is 14.7. The summed E-state index contributed by atoms with van der Waals surface area (Å²) in [5, 5.41) is 0. The molecule has 108 valence electrons. The molecule has 8 heteroatoms. The predicted octanol–water partition coefficient (Wildman–Crippen LogP) is 2.10. The van der Waals surface area contributed by atoms with Crippen molar-refractivity contribution in [2.45, 2.75) is 17.4 Å². The van der Waals surface area contributed by atoms with Crippen molar-refractivity contribution in [3.63, 3.8) is 0 Å². The molecule has 0 radical (unpaired) electrons. The average Bonchev–Trinajstić information content (AvgIpc) is 2.35. The highest BCUT2D eigenvalue weighted by molar-refractivity contribution is 7.91. The molecule has 0 saturated carbocycles. The van der Waals surface area contributed by atoms with Crippen LogP contribution in [0.4, 0.5) is 13.2 Å². The highest BCUT2D eigenvalue weighted by Crippen LogP contribution is 2.34. The summed E-state index contributed by atoms with van der Waals surface area (Å²) in [4.78, 5) is -0.776. The normalized spacial score (nSPS) is 12.9. The Morgan fingerprint density at radius 2 is 1.68 bits per heavy atom. The average molecular weight is 298 g/mol. The summed E-state index contributed by atoms with van der Waals surface area (Å²) in [6.07, 6.45) is -5.86. The molecule has 0 fully saturated rings. The van der Waals surface area contributed by atoms with Gasteiger partial charge in [0.2, 0.25) is 0 Å². The molecule has 4 nitrogen and oxygen atoms in total. The zero-order valence-corrected chi connectivity index (χ0v) is 11.1. The number of alkyl halides is 3. The quantitative estimate of drug-likeness (QED) is 0.781. The van der Waals surface area contributed by atoms with Crippen LogP contribution in [0.15, 0.2) is 29.2 Å². The Hall–Kier alpha value is -1.12. The van der Waals surface area contributed by atoms with E-state index < -0.39 is 38.5 Å². The second-order valence-electron chi connectivity index (χ2n) is 3.68. The second kappa shape index (κ2) is 5.89. The molecule has 0 atom stereocenters. The van der Waals surface area contributed by atoms with E-state index in [0.29, 0.717) is 0 Å². The van der Waals surface area contributed by atoms with Crippen LogP contribution in [0.2, 0.25) is 0 Å². The first kappa shape index (κ1) is 15.9. The van der Waals surface area contributed by atoms with E-state index in [2.05, 4.69) is 0 Å². The van der Waals surface area contributed by atoms with Crippen LogP contribution in [0.1, 0.15) is 5.56 Å². The Bertz CT molecular complexity index is 521. The zero-order valence-electron chi connectivity index (χ0n) is 10.3. The van der Waals surface area contributed by atoms with Crippen LogP contribution in [0.25, 0.3) is 0 Å². The first-order chi connectivity index (χ1) is 8.72. The molecule has 0 aromatic heterocycles. The molecule has 0 amide bonds. The van der Waals surface area contributed by atoms with Gasteiger partial charge in [-0.1, -0.05) is 12.1 Å². The van der Waals surface area contributed by atoms with Crippen molar-refractivity contribution in [3.8, 4) is 0 Å². The molecule has 0 heterocycles. The van der Waals surface area contributed by atoms with Crippen LogP contribution in [-0.2, 0) is 25.5 Å². The van der Waals surface area contributed by atoms with Crippen LogP contribution in [-0.4, -0.2) is 34.7 Å². The lowest BCUT2D eigenvalue weighted by Gasteiger charge is -2.16. The minimum Gasteiger partial charge on any atom is -0.355 e. The molecule has 1 aromatic rings. The van der Waals surface area contributed by atoms with Crippen LogP contribution in [0.3, 0.4) is 0 Å². The molecule has 1 rings (SSSR count). The Morgan fingerprint density at radius 1 is 1.16 bits per heavy atom. The Kier molecular flexibility index (Phi) is 4.94. The molecule has 0 N–H and O–H groups in total. The molecule has 0 aliphatic carbocycles. The monoisotopic (exact) mass is 298 g/mol. The Labute approximate surface area is 109 Å². The second-order valence-corrected chi connectivity index (χ2v) is 5.68. The van der Waals surface area contributed by atoms with Crippen molar-refractivity contribution in [2.24, 2.45) is 0 Å². The van der Waals surface area contributed by atoms with Crippen molar-refractivity contribution in [3.05, 3.63) is 29.8 Å². The van der Waals surface area contributed by atoms with E-state index in [9.17, 15) is 21.6 Å². The third-order valence-electron chi connectivity index (χ3n) is 2.41. The van der Waals surface area contributed by atoms with Crippen LogP contribution in [0.5, 0.6) is 0 Å². The fraction of sp³-hybridized carbons (Fsp3) is 0.455. The molecule has 0 bridgehead atoms. The Balaban J connectivity index is 3.23.